The summed E-state index contributed by atoms with van der Waals surface area (Å²) in [6, 6.07) is 0. The molecule has 1 saturated heterocycles. The van der Waals surface area contributed by atoms with Crippen LogP contribution in [0.25, 0.3) is 0 Å². The predicted octanol–water partition coefficient (Wildman–Crippen LogP) is -1.15. The van der Waals surface area contributed by atoms with Crippen LogP contribution in [0.15, 0.2) is 0 Å². The largest absolute Gasteiger partial charge is 0.394 e. The number of aliphatic hydroxyl groups excluding tert-OH is 3. The van der Waals surface area contributed by atoms with Gasteiger partial charge in [0.05, 0.1) is 6.61 Å². The van der Waals surface area contributed by atoms with Crippen LogP contribution in [0.1, 0.15) is 13.3 Å². The minimum atomic E-state index is -1.07. The van der Waals surface area contributed by atoms with E-state index in [2.05, 4.69) is 0 Å². The molecule has 3 N–H and O–H groups in total. The highest BCUT2D eigenvalue weighted by Gasteiger charge is 2.42. The van der Waals surface area contributed by atoms with Crippen molar-refractivity contribution in [3.05, 3.63) is 0 Å². The van der Waals surface area contributed by atoms with Crippen LogP contribution in [0.5, 0.6) is 0 Å². The van der Waals surface area contributed by atoms with Crippen LogP contribution in [0.2, 0.25) is 0 Å². The average Bonchev–Trinajstić information content (AvgIpc) is 2.41. The van der Waals surface area contributed by atoms with Crippen LogP contribution < -0.4 is 0 Å². The second kappa shape index (κ2) is 4.88. The molecule has 0 aromatic carbocycles. The summed E-state index contributed by atoms with van der Waals surface area (Å²) >= 11 is 0. The molecule has 1 fully saturated rings. The molecule has 1 unspecified atom stereocenters. The molecular formula is C8H16O5. The SMILES string of the molecule is CCCOC1O[C@H](CO)[C@@H](O)[C@H]1O. The predicted molar refractivity (Wildman–Crippen MR) is 44.0 cm³/mol. The molecule has 1 aliphatic heterocycles. The standard InChI is InChI=1S/C8H16O5/c1-2-3-12-8-7(11)6(10)5(4-9)13-8/h5-11H,2-4H2,1H3/t5-,6-,7-,8?/m1/s1. The second-order valence-corrected chi connectivity index (χ2v) is 3.08. The van der Waals surface area contributed by atoms with Crippen molar-refractivity contribution in [1.29, 1.82) is 0 Å². The molecule has 5 heteroatoms. The summed E-state index contributed by atoms with van der Waals surface area (Å²) in [6.45, 7) is 2.08. The quantitative estimate of drug-likeness (QED) is 0.524. The third-order valence-corrected chi connectivity index (χ3v) is 1.98. The second-order valence-electron chi connectivity index (χ2n) is 3.08. The van der Waals surface area contributed by atoms with Crippen LogP contribution in [0.3, 0.4) is 0 Å². The van der Waals surface area contributed by atoms with Crippen LogP contribution >= 0.6 is 0 Å². The van der Waals surface area contributed by atoms with Crippen molar-refractivity contribution in [2.45, 2.75) is 37.9 Å². The summed E-state index contributed by atoms with van der Waals surface area (Å²) in [5.41, 5.74) is 0. The van der Waals surface area contributed by atoms with Gasteiger partial charge in [-0.25, -0.2) is 0 Å². The van der Waals surface area contributed by atoms with E-state index in [1.165, 1.54) is 0 Å². The fourth-order valence-electron chi connectivity index (χ4n) is 1.24. The van der Waals surface area contributed by atoms with E-state index in [1.54, 1.807) is 0 Å². The van der Waals surface area contributed by atoms with Crippen molar-refractivity contribution in [1.82, 2.24) is 0 Å². The van der Waals surface area contributed by atoms with E-state index < -0.39 is 24.6 Å². The zero-order valence-electron chi connectivity index (χ0n) is 7.59. The minimum absolute atomic E-state index is 0.315. The topological polar surface area (TPSA) is 79.2 Å². The molecule has 13 heavy (non-hydrogen) atoms. The van der Waals surface area contributed by atoms with Gasteiger partial charge in [0, 0.05) is 6.61 Å². The summed E-state index contributed by atoms with van der Waals surface area (Å²) in [5, 5.41) is 27.4. The maximum atomic E-state index is 9.37. The van der Waals surface area contributed by atoms with E-state index in [0.29, 0.717) is 6.61 Å². The highest BCUT2D eigenvalue weighted by Crippen LogP contribution is 2.21. The number of aliphatic hydroxyl groups is 3. The zero-order chi connectivity index (χ0) is 9.84. The highest BCUT2D eigenvalue weighted by atomic mass is 16.7. The summed E-state index contributed by atoms with van der Waals surface area (Å²) in [7, 11) is 0. The molecule has 0 spiro atoms. The number of ether oxygens (including phenoxy) is 2. The molecule has 0 aromatic heterocycles. The van der Waals surface area contributed by atoms with Gasteiger partial charge in [0.1, 0.15) is 18.3 Å². The van der Waals surface area contributed by atoms with Gasteiger partial charge < -0.3 is 24.8 Å². The molecule has 0 amide bonds. The van der Waals surface area contributed by atoms with Gasteiger partial charge in [-0.1, -0.05) is 6.92 Å². The number of hydrogen-bond donors (Lipinski definition) is 3. The van der Waals surface area contributed by atoms with Gasteiger partial charge in [-0.3, -0.25) is 0 Å². The zero-order valence-corrected chi connectivity index (χ0v) is 7.59. The Kier molecular flexibility index (Phi) is 4.08. The molecule has 1 rings (SSSR count). The minimum Gasteiger partial charge on any atom is -0.394 e. The Morgan fingerprint density at radius 2 is 2.00 bits per heavy atom. The van der Waals surface area contributed by atoms with E-state index >= 15 is 0 Å². The van der Waals surface area contributed by atoms with E-state index in [0.717, 1.165) is 6.42 Å². The van der Waals surface area contributed by atoms with Crippen LogP contribution in [0.4, 0.5) is 0 Å². The number of hydrogen-bond acceptors (Lipinski definition) is 5. The molecule has 78 valence electrons. The summed E-state index contributed by atoms with van der Waals surface area (Å²) < 4.78 is 10.2. The lowest BCUT2D eigenvalue weighted by molar-refractivity contribution is -0.169. The third-order valence-electron chi connectivity index (χ3n) is 1.98. The van der Waals surface area contributed by atoms with Crippen molar-refractivity contribution in [3.8, 4) is 0 Å². The Hall–Kier alpha value is -0.200. The van der Waals surface area contributed by atoms with Crippen molar-refractivity contribution in [2.75, 3.05) is 13.2 Å². The molecule has 5 nitrogen and oxygen atoms in total. The fraction of sp³-hybridized carbons (Fsp3) is 1.00. The Labute approximate surface area is 76.9 Å². The molecule has 0 bridgehead atoms. The third kappa shape index (κ3) is 2.38. The number of rotatable bonds is 4. The monoisotopic (exact) mass is 192 g/mol. The Morgan fingerprint density at radius 1 is 1.31 bits per heavy atom. The first kappa shape index (κ1) is 10.9. The van der Waals surface area contributed by atoms with Crippen LogP contribution in [-0.4, -0.2) is 53.1 Å². The molecule has 0 saturated carbocycles. The van der Waals surface area contributed by atoms with Crippen molar-refractivity contribution in [3.63, 3.8) is 0 Å². The Morgan fingerprint density at radius 3 is 2.46 bits per heavy atom. The van der Waals surface area contributed by atoms with Crippen molar-refractivity contribution in [2.24, 2.45) is 0 Å². The van der Waals surface area contributed by atoms with Gasteiger partial charge in [0.25, 0.3) is 0 Å². The summed E-state index contributed by atoms with van der Waals surface area (Å²) in [6.07, 6.45) is -2.87. The van der Waals surface area contributed by atoms with Gasteiger partial charge >= 0.3 is 0 Å². The molecule has 1 aliphatic rings. The fourth-order valence-corrected chi connectivity index (χ4v) is 1.24. The molecule has 0 aromatic rings. The first-order valence-electron chi connectivity index (χ1n) is 4.44. The van der Waals surface area contributed by atoms with E-state index in [9.17, 15) is 10.2 Å². The van der Waals surface area contributed by atoms with Crippen molar-refractivity contribution < 1.29 is 24.8 Å². The molecule has 0 radical (unpaired) electrons. The maximum Gasteiger partial charge on any atom is 0.186 e. The van der Waals surface area contributed by atoms with Crippen molar-refractivity contribution >= 4 is 0 Å². The van der Waals surface area contributed by atoms with Crippen LogP contribution in [-0.2, 0) is 9.47 Å². The molecule has 1 heterocycles. The summed E-state index contributed by atoms with van der Waals surface area (Å²) in [5.74, 6) is 0. The lowest BCUT2D eigenvalue weighted by Crippen LogP contribution is -2.34. The van der Waals surface area contributed by atoms with Gasteiger partial charge in [0.15, 0.2) is 6.29 Å². The molecular weight excluding hydrogens is 176 g/mol. The molecule has 0 aliphatic carbocycles. The highest BCUT2D eigenvalue weighted by molar-refractivity contribution is 4.85. The van der Waals surface area contributed by atoms with E-state index in [-0.39, 0.29) is 6.61 Å². The lowest BCUT2D eigenvalue weighted by Gasteiger charge is -2.14. The lowest BCUT2D eigenvalue weighted by atomic mass is 10.1. The Balaban J connectivity index is 2.40. The Bertz CT molecular complexity index is 151. The van der Waals surface area contributed by atoms with Gasteiger partial charge in [-0.2, -0.15) is 0 Å². The van der Waals surface area contributed by atoms with Gasteiger partial charge in [-0.05, 0) is 6.42 Å². The normalized spacial score (nSPS) is 39.7. The smallest absolute Gasteiger partial charge is 0.186 e. The average molecular weight is 192 g/mol. The first-order valence-corrected chi connectivity index (χ1v) is 4.44. The maximum absolute atomic E-state index is 9.37. The summed E-state index contributed by atoms with van der Waals surface area (Å²) in [4.78, 5) is 0. The van der Waals surface area contributed by atoms with Gasteiger partial charge in [-0.15, -0.1) is 0 Å². The van der Waals surface area contributed by atoms with E-state index in [4.69, 9.17) is 14.6 Å². The molecule has 4 atom stereocenters. The van der Waals surface area contributed by atoms with Gasteiger partial charge in [0.2, 0.25) is 0 Å². The van der Waals surface area contributed by atoms with Crippen LogP contribution in [0, 0.1) is 0 Å². The van der Waals surface area contributed by atoms with E-state index in [1.807, 2.05) is 6.92 Å². The first-order chi connectivity index (χ1) is 6.20.